The monoisotopic (exact) mass is 309 g/mol. The van der Waals surface area contributed by atoms with Gasteiger partial charge in [-0.3, -0.25) is 0 Å². The fraction of sp³-hybridized carbons (Fsp3) is 0.438. The molecule has 0 saturated heterocycles. The van der Waals surface area contributed by atoms with Crippen LogP contribution in [0.25, 0.3) is 0 Å². The van der Waals surface area contributed by atoms with Gasteiger partial charge < -0.3 is 5.11 Å². The minimum Gasteiger partial charge on any atom is -0.385 e. The number of hydrogen-bond acceptors (Lipinski definition) is 3. The lowest BCUT2D eigenvalue weighted by atomic mass is 9.92. The number of rotatable bonds is 3. The number of aliphatic hydroxyl groups is 1. The second kappa shape index (κ2) is 5.47. The zero-order chi connectivity index (χ0) is 15.0. The van der Waals surface area contributed by atoms with Gasteiger partial charge in [0.05, 0.1) is 16.3 Å². The van der Waals surface area contributed by atoms with Crippen molar-refractivity contribution < 1.29 is 5.11 Å². The smallest absolute Gasteiger partial charge is 0.0960 e. The molecule has 20 heavy (non-hydrogen) atoms. The Morgan fingerprint density at radius 2 is 1.75 bits per heavy atom. The van der Waals surface area contributed by atoms with Gasteiger partial charge in [0.1, 0.15) is 0 Å². The molecular formula is C16H20ClNOS. The normalized spacial score (nSPS) is 15.1. The van der Waals surface area contributed by atoms with Gasteiger partial charge >= 0.3 is 0 Å². The first-order chi connectivity index (χ1) is 9.18. The van der Waals surface area contributed by atoms with E-state index in [1.54, 1.807) is 23.5 Å². The third-order valence-electron chi connectivity index (χ3n) is 3.28. The van der Waals surface area contributed by atoms with Crippen LogP contribution in [0.2, 0.25) is 5.02 Å². The fourth-order valence-corrected chi connectivity index (χ4v) is 3.24. The highest BCUT2D eigenvalue weighted by molar-refractivity contribution is 7.09. The summed E-state index contributed by atoms with van der Waals surface area (Å²) in [5.41, 5.74) is 1.04. The molecule has 2 rings (SSSR count). The van der Waals surface area contributed by atoms with E-state index in [0.29, 0.717) is 11.4 Å². The first-order valence-electron chi connectivity index (χ1n) is 6.62. The predicted octanol–water partition coefficient (Wildman–Crippen LogP) is 4.54. The topological polar surface area (TPSA) is 33.1 Å². The molecule has 0 amide bonds. The Kier molecular flexibility index (Phi) is 4.24. The average Bonchev–Trinajstić information content (AvgIpc) is 2.77. The maximum absolute atomic E-state index is 10.7. The number of hydrogen-bond donors (Lipinski definition) is 1. The SMILES string of the molecule is CC(C)(C)c1csc(CC(C)(O)c2ccc(Cl)cc2)n1. The average molecular weight is 310 g/mol. The highest BCUT2D eigenvalue weighted by Gasteiger charge is 2.26. The van der Waals surface area contributed by atoms with Gasteiger partial charge in [0.15, 0.2) is 0 Å². The number of halogens is 1. The molecule has 0 fully saturated rings. The van der Waals surface area contributed by atoms with Crippen molar-refractivity contribution in [1.82, 2.24) is 4.98 Å². The van der Waals surface area contributed by atoms with E-state index in [1.165, 1.54) is 0 Å². The molecule has 4 heteroatoms. The van der Waals surface area contributed by atoms with Crippen LogP contribution in [0.5, 0.6) is 0 Å². The third-order valence-corrected chi connectivity index (χ3v) is 4.38. The van der Waals surface area contributed by atoms with Gasteiger partial charge in [-0.25, -0.2) is 4.98 Å². The molecule has 1 aromatic heterocycles. The molecule has 2 aromatic rings. The highest BCUT2D eigenvalue weighted by Crippen LogP contribution is 2.30. The molecule has 1 aromatic carbocycles. The van der Waals surface area contributed by atoms with Crippen LogP contribution in [0.1, 0.15) is 44.0 Å². The number of nitrogens with zero attached hydrogens (tertiary/aromatic N) is 1. The summed E-state index contributed by atoms with van der Waals surface area (Å²) in [5.74, 6) is 0. The van der Waals surface area contributed by atoms with Crippen LogP contribution in [-0.2, 0) is 17.4 Å². The second-order valence-electron chi connectivity index (χ2n) is 6.33. The third kappa shape index (κ3) is 3.60. The summed E-state index contributed by atoms with van der Waals surface area (Å²) in [4.78, 5) is 4.64. The molecule has 108 valence electrons. The lowest BCUT2D eigenvalue weighted by molar-refractivity contribution is 0.0575. The quantitative estimate of drug-likeness (QED) is 0.902. The van der Waals surface area contributed by atoms with Crippen LogP contribution in [0.15, 0.2) is 29.6 Å². The summed E-state index contributed by atoms with van der Waals surface area (Å²) in [6, 6.07) is 7.32. The predicted molar refractivity (Wildman–Crippen MR) is 85.5 cm³/mol. The molecular weight excluding hydrogens is 290 g/mol. The Bertz CT molecular complexity index is 581. The Balaban J connectivity index is 2.19. The Morgan fingerprint density at radius 3 is 2.25 bits per heavy atom. The molecule has 0 saturated carbocycles. The van der Waals surface area contributed by atoms with Crippen molar-refractivity contribution in [3.8, 4) is 0 Å². The van der Waals surface area contributed by atoms with Gasteiger partial charge in [-0.2, -0.15) is 0 Å². The highest BCUT2D eigenvalue weighted by atomic mass is 35.5. The van der Waals surface area contributed by atoms with E-state index in [9.17, 15) is 5.11 Å². The maximum atomic E-state index is 10.7. The molecule has 0 aliphatic carbocycles. The lowest BCUT2D eigenvalue weighted by Crippen LogP contribution is -2.24. The minimum atomic E-state index is -0.933. The zero-order valence-electron chi connectivity index (χ0n) is 12.3. The molecule has 1 unspecified atom stereocenters. The Hall–Kier alpha value is -0.900. The van der Waals surface area contributed by atoms with Crippen LogP contribution < -0.4 is 0 Å². The van der Waals surface area contributed by atoms with Crippen LogP contribution in [0.4, 0.5) is 0 Å². The van der Waals surface area contributed by atoms with Gasteiger partial charge in [0.2, 0.25) is 0 Å². The summed E-state index contributed by atoms with van der Waals surface area (Å²) in [5, 5.41) is 14.4. The van der Waals surface area contributed by atoms with E-state index in [1.807, 2.05) is 19.1 Å². The van der Waals surface area contributed by atoms with Crippen LogP contribution in [0, 0.1) is 0 Å². The fourth-order valence-electron chi connectivity index (χ4n) is 1.94. The summed E-state index contributed by atoms with van der Waals surface area (Å²) < 4.78 is 0. The minimum absolute atomic E-state index is 0.0425. The van der Waals surface area contributed by atoms with E-state index in [2.05, 4.69) is 31.1 Å². The van der Waals surface area contributed by atoms with E-state index in [-0.39, 0.29) is 5.41 Å². The van der Waals surface area contributed by atoms with Crippen LogP contribution in [-0.4, -0.2) is 10.1 Å². The van der Waals surface area contributed by atoms with Crippen LogP contribution in [0.3, 0.4) is 0 Å². The van der Waals surface area contributed by atoms with Crippen molar-refractivity contribution in [2.75, 3.05) is 0 Å². The molecule has 1 heterocycles. The standard InChI is InChI=1S/C16H20ClNOS/c1-15(2,3)13-10-20-14(18-13)9-16(4,19)11-5-7-12(17)8-6-11/h5-8,10,19H,9H2,1-4H3. The maximum Gasteiger partial charge on any atom is 0.0960 e. The largest absolute Gasteiger partial charge is 0.385 e. The van der Waals surface area contributed by atoms with E-state index >= 15 is 0 Å². The van der Waals surface area contributed by atoms with Crippen molar-refractivity contribution in [2.45, 2.75) is 45.1 Å². The number of aromatic nitrogens is 1. The first-order valence-corrected chi connectivity index (χ1v) is 7.87. The summed E-state index contributed by atoms with van der Waals surface area (Å²) >= 11 is 7.49. The van der Waals surface area contributed by atoms with Crippen molar-refractivity contribution in [1.29, 1.82) is 0 Å². The van der Waals surface area contributed by atoms with Crippen molar-refractivity contribution in [3.63, 3.8) is 0 Å². The molecule has 0 spiro atoms. The van der Waals surface area contributed by atoms with Gasteiger partial charge in [-0.1, -0.05) is 44.5 Å². The molecule has 0 aliphatic rings. The molecule has 1 atom stereocenters. The van der Waals surface area contributed by atoms with Crippen molar-refractivity contribution in [3.05, 3.63) is 50.9 Å². The second-order valence-corrected chi connectivity index (χ2v) is 7.71. The zero-order valence-corrected chi connectivity index (χ0v) is 13.8. The summed E-state index contributed by atoms with van der Waals surface area (Å²) in [7, 11) is 0. The van der Waals surface area contributed by atoms with Gasteiger partial charge in [-0.05, 0) is 24.6 Å². The van der Waals surface area contributed by atoms with Gasteiger partial charge in [-0.15, -0.1) is 11.3 Å². The molecule has 1 N–H and O–H groups in total. The van der Waals surface area contributed by atoms with E-state index in [4.69, 9.17) is 11.6 Å². The number of thiazole rings is 1. The molecule has 2 nitrogen and oxygen atoms in total. The molecule has 0 radical (unpaired) electrons. The van der Waals surface area contributed by atoms with E-state index in [0.717, 1.165) is 16.3 Å². The van der Waals surface area contributed by atoms with Gasteiger partial charge in [0.25, 0.3) is 0 Å². The lowest BCUT2D eigenvalue weighted by Gasteiger charge is -2.23. The Labute approximate surface area is 129 Å². The van der Waals surface area contributed by atoms with Crippen molar-refractivity contribution >= 4 is 22.9 Å². The summed E-state index contributed by atoms with van der Waals surface area (Å²) in [6.45, 7) is 8.24. The summed E-state index contributed by atoms with van der Waals surface area (Å²) in [6.07, 6.45) is 0.509. The van der Waals surface area contributed by atoms with Crippen molar-refractivity contribution in [2.24, 2.45) is 0 Å². The van der Waals surface area contributed by atoms with E-state index < -0.39 is 5.60 Å². The van der Waals surface area contributed by atoms with Crippen LogP contribution >= 0.6 is 22.9 Å². The number of benzene rings is 1. The molecule has 0 bridgehead atoms. The van der Waals surface area contributed by atoms with Gasteiger partial charge in [0, 0.05) is 22.2 Å². The Morgan fingerprint density at radius 1 is 1.15 bits per heavy atom. The molecule has 0 aliphatic heterocycles. The first kappa shape index (κ1) is 15.5.